The number of rotatable bonds is 6. The molecule has 0 atom stereocenters. The van der Waals surface area contributed by atoms with Crippen molar-refractivity contribution < 1.29 is 9.53 Å². The number of fused-ring (bicyclic) bond motifs is 1. The van der Waals surface area contributed by atoms with E-state index < -0.39 is 0 Å². The molecule has 1 aromatic carbocycles. The third-order valence-corrected chi connectivity index (χ3v) is 7.41. The van der Waals surface area contributed by atoms with Crippen LogP contribution in [0.5, 0.6) is 5.75 Å². The molecule has 3 heterocycles. The minimum absolute atomic E-state index is 0.189. The van der Waals surface area contributed by atoms with Crippen molar-refractivity contribution >= 4 is 16.8 Å². The Hall–Kier alpha value is -2.05. The maximum Gasteiger partial charge on any atom is 0.221 e. The van der Waals surface area contributed by atoms with Gasteiger partial charge in [-0.1, -0.05) is 18.9 Å². The first-order valence-corrected chi connectivity index (χ1v) is 12.2. The van der Waals surface area contributed by atoms with Crippen LogP contribution in [0.2, 0.25) is 0 Å². The van der Waals surface area contributed by atoms with E-state index in [0.717, 1.165) is 64.4 Å². The van der Waals surface area contributed by atoms with E-state index in [4.69, 9.17) is 4.74 Å². The zero-order chi connectivity index (χ0) is 21.0. The third-order valence-electron chi connectivity index (χ3n) is 7.41. The van der Waals surface area contributed by atoms with Crippen molar-refractivity contribution in [1.29, 1.82) is 0 Å². The molecule has 1 amide bonds. The number of nitrogens with one attached hydrogen (secondary N) is 1. The van der Waals surface area contributed by atoms with Crippen molar-refractivity contribution in [2.45, 2.75) is 57.1 Å². The van der Waals surface area contributed by atoms with Gasteiger partial charge in [0, 0.05) is 69.9 Å². The number of hydrogen-bond donors (Lipinski definition) is 1. The molecule has 3 fully saturated rings. The van der Waals surface area contributed by atoms with Gasteiger partial charge in [-0.15, -0.1) is 0 Å². The topological polar surface area (TPSA) is 49.7 Å². The van der Waals surface area contributed by atoms with Gasteiger partial charge in [-0.3, -0.25) is 9.69 Å². The van der Waals surface area contributed by atoms with E-state index in [1.807, 2.05) is 0 Å². The maximum absolute atomic E-state index is 11.5. The van der Waals surface area contributed by atoms with Crippen LogP contribution in [0.15, 0.2) is 30.5 Å². The highest BCUT2D eigenvalue weighted by Crippen LogP contribution is 2.36. The molecular weight excluding hydrogens is 388 g/mol. The van der Waals surface area contributed by atoms with Gasteiger partial charge in [-0.2, -0.15) is 0 Å². The Kier molecular flexibility index (Phi) is 6.46. The third kappa shape index (κ3) is 4.90. The van der Waals surface area contributed by atoms with Crippen LogP contribution in [-0.2, 0) is 4.79 Å². The average Bonchev–Trinajstić information content (AvgIpc) is 3.42. The van der Waals surface area contributed by atoms with Crippen LogP contribution in [0.4, 0.5) is 0 Å². The van der Waals surface area contributed by atoms with Crippen LogP contribution in [0, 0.1) is 0 Å². The van der Waals surface area contributed by atoms with E-state index >= 15 is 0 Å². The van der Waals surface area contributed by atoms with Crippen LogP contribution in [0.25, 0.3) is 10.9 Å². The van der Waals surface area contributed by atoms with Crippen molar-refractivity contribution in [2.24, 2.45) is 0 Å². The smallest absolute Gasteiger partial charge is 0.221 e. The molecule has 1 aliphatic carbocycles. The van der Waals surface area contributed by atoms with Crippen LogP contribution in [-0.4, -0.2) is 72.2 Å². The van der Waals surface area contributed by atoms with Crippen LogP contribution in [0.1, 0.15) is 51.0 Å². The number of likely N-dealkylation sites (tertiary alicyclic amines) is 1. The van der Waals surface area contributed by atoms with Crippen molar-refractivity contribution in [1.82, 2.24) is 19.7 Å². The number of piperidine rings is 1. The van der Waals surface area contributed by atoms with Gasteiger partial charge >= 0.3 is 0 Å². The van der Waals surface area contributed by atoms with Crippen molar-refractivity contribution in [2.75, 3.05) is 45.8 Å². The summed E-state index contributed by atoms with van der Waals surface area (Å²) < 4.78 is 9.00. The zero-order valence-electron chi connectivity index (χ0n) is 18.6. The van der Waals surface area contributed by atoms with Gasteiger partial charge in [0.05, 0.1) is 5.52 Å². The SMILES string of the molecule is O=C1CCN(CCN2CCC(Oc3cccc4c3ccn4C3CCCC3)CC2)CCN1. The minimum Gasteiger partial charge on any atom is -0.490 e. The second-order valence-electron chi connectivity index (χ2n) is 9.45. The molecule has 1 N–H and O–H groups in total. The summed E-state index contributed by atoms with van der Waals surface area (Å²) in [5.74, 6) is 1.24. The van der Waals surface area contributed by atoms with Gasteiger partial charge in [-0.05, 0) is 43.9 Å². The van der Waals surface area contributed by atoms with Crippen LogP contribution >= 0.6 is 0 Å². The Morgan fingerprint density at radius 2 is 1.71 bits per heavy atom. The van der Waals surface area contributed by atoms with Crippen molar-refractivity contribution in [3.63, 3.8) is 0 Å². The van der Waals surface area contributed by atoms with E-state index in [1.54, 1.807) is 0 Å². The Balaban J connectivity index is 1.13. The quantitative estimate of drug-likeness (QED) is 0.772. The molecule has 2 aliphatic heterocycles. The molecule has 0 unspecified atom stereocenters. The summed E-state index contributed by atoms with van der Waals surface area (Å²) in [7, 11) is 0. The molecule has 6 nitrogen and oxygen atoms in total. The highest BCUT2D eigenvalue weighted by atomic mass is 16.5. The lowest BCUT2D eigenvalue weighted by Crippen LogP contribution is -2.42. The molecule has 2 aromatic rings. The Labute approximate surface area is 185 Å². The molecule has 3 aliphatic rings. The standard InChI is InChI=1S/C25H36N4O2/c30-25-11-15-28(17-12-26-25)19-18-27-13-8-21(9-14-27)31-24-7-3-6-23-22(24)10-16-29(23)20-4-1-2-5-20/h3,6-7,10,16,20-21H,1-2,4-5,8-9,11-15,17-19H2,(H,26,30). The van der Waals surface area contributed by atoms with Gasteiger partial charge < -0.3 is 19.5 Å². The first-order chi connectivity index (χ1) is 15.3. The first kappa shape index (κ1) is 20.8. The summed E-state index contributed by atoms with van der Waals surface area (Å²) in [6.07, 6.45) is 10.7. The monoisotopic (exact) mass is 424 g/mol. The summed E-state index contributed by atoms with van der Waals surface area (Å²) in [4.78, 5) is 16.5. The highest BCUT2D eigenvalue weighted by Gasteiger charge is 2.23. The van der Waals surface area contributed by atoms with Gasteiger partial charge in [0.25, 0.3) is 0 Å². The summed E-state index contributed by atoms with van der Waals surface area (Å²) in [6, 6.07) is 9.45. The van der Waals surface area contributed by atoms with E-state index in [2.05, 4.69) is 50.1 Å². The van der Waals surface area contributed by atoms with E-state index in [1.165, 1.54) is 36.6 Å². The van der Waals surface area contributed by atoms with E-state index in [-0.39, 0.29) is 5.91 Å². The fraction of sp³-hybridized carbons (Fsp3) is 0.640. The fourth-order valence-corrected chi connectivity index (χ4v) is 5.51. The predicted octanol–water partition coefficient (Wildman–Crippen LogP) is 3.42. The van der Waals surface area contributed by atoms with Crippen molar-refractivity contribution in [3.8, 4) is 5.75 Å². The van der Waals surface area contributed by atoms with Crippen LogP contribution < -0.4 is 10.1 Å². The molecule has 168 valence electrons. The summed E-state index contributed by atoms with van der Waals surface area (Å²) in [5.41, 5.74) is 1.33. The van der Waals surface area contributed by atoms with Gasteiger partial charge in [0.1, 0.15) is 11.9 Å². The summed E-state index contributed by atoms with van der Waals surface area (Å²) in [5, 5.41) is 4.22. The molecule has 0 radical (unpaired) electrons. The van der Waals surface area contributed by atoms with Gasteiger partial charge in [-0.25, -0.2) is 0 Å². The second-order valence-corrected chi connectivity index (χ2v) is 9.45. The van der Waals surface area contributed by atoms with Gasteiger partial charge in [0.2, 0.25) is 5.91 Å². The van der Waals surface area contributed by atoms with E-state index in [0.29, 0.717) is 18.6 Å². The normalized spacial score (nSPS) is 22.6. The number of hydrogen-bond acceptors (Lipinski definition) is 4. The molecule has 1 saturated carbocycles. The lowest BCUT2D eigenvalue weighted by Gasteiger charge is -2.33. The number of carbonyl (C=O) groups is 1. The van der Waals surface area contributed by atoms with Crippen LogP contribution in [0.3, 0.4) is 0 Å². The fourth-order valence-electron chi connectivity index (χ4n) is 5.51. The molecule has 2 saturated heterocycles. The molecule has 5 rings (SSSR count). The number of ether oxygens (including phenoxy) is 1. The summed E-state index contributed by atoms with van der Waals surface area (Å²) in [6.45, 7) is 6.95. The first-order valence-electron chi connectivity index (χ1n) is 12.2. The molecular formula is C25H36N4O2. The van der Waals surface area contributed by atoms with E-state index in [9.17, 15) is 4.79 Å². The summed E-state index contributed by atoms with van der Waals surface area (Å²) >= 11 is 0. The van der Waals surface area contributed by atoms with Crippen molar-refractivity contribution in [3.05, 3.63) is 30.5 Å². The molecule has 0 bridgehead atoms. The number of aromatic nitrogens is 1. The Bertz CT molecular complexity index is 881. The molecule has 31 heavy (non-hydrogen) atoms. The number of carbonyl (C=O) groups excluding carboxylic acids is 1. The largest absolute Gasteiger partial charge is 0.490 e. The lowest BCUT2D eigenvalue weighted by atomic mass is 10.1. The highest BCUT2D eigenvalue weighted by molar-refractivity contribution is 5.86. The number of amides is 1. The van der Waals surface area contributed by atoms with Gasteiger partial charge in [0.15, 0.2) is 0 Å². The predicted molar refractivity (Wildman–Crippen MR) is 124 cm³/mol. The number of nitrogens with zero attached hydrogens (tertiary/aromatic N) is 3. The Morgan fingerprint density at radius 1 is 0.935 bits per heavy atom. The molecule has 1 aromatic heterocycles. The lowest BCUT2D eigenvalue weighted by molar-refractivity contribution is -0.120. The zero-order valence-corrected chi connectivity index (χ0v) is 18.6. The minimum atomic E-state index is 0.189. The average molecular weight is 425 g/mol. The second kappa shape index (κ2) is 9.61. The maximum atomic E-state index is 11.5. The Morgan fingerprint density at radius 3 is 2.52 bits per heavy atom. The molecule has 6 heteroatoms. The number of benzene rings is 1. The molecule has 0 spiro atoms.